The van der Waals surface area contributed by atoms with E-state index in [0.717, 1.165) is 44.2 Å². The molecule has 0 aromatic carbocycles. The number of nitrogens with one attached hydrogen (secondary N) is 1. The van der Waals surface area contributed by atoms with Crippen LogP contribution >= 0.6 is 11.8 Å². The van der Waals surface area contributed by atoms with Crippen LogP contribution in [0.15, 0.2) is 10.5 Å². The van der Waals surface area contributed by atoms with Crippen molar-refractivity contribution < 1.29 is 4.42 Å². The van der Waals surface area contributed by atoms with Gasteiger partial charge >= 0.3 is 0 Å². The summed E-state index contributed by atoms with van der Waals surface area (Å²) in [6, 6.07) is 2.22. The number of furan rings is 1. The van der Waals surface area contributed by atoms with Crippen LogP contribution in [0, 0.1) is 6.92 Å². The third kappa shape index (κ3) is 4.26. The molecule has 0 saturated carbocycles. The SMILES string of the molecule is CCNCc1cc(CN2CCSC(C)(C)C2)oc1C. The standard InChI is InChI=1S/C15H26N2OS/c1-5-16-9-13-8-14(18-12(13)2)10-17-6-7-19-15(3,4)11-17/h8,16H,5-7,9-11H2,1-4H3. The van der Waals surface area contributed by atoms with Gasteiger partial charge in [-0.2, -0.15) is 11.8 Å². The molecule has 1 saturated heterocycles. The molecule has 19 heavy (non-hydrogen) atoms. The van der Waals surface area contributed by atoms with E-state index >= 15 is 0 Å². The monoisotopic (exact) mass is 282 g/mol. The van der Waals surface area contributed by atoms with E-state index in [1.165, 1.54) is 11.3 Å². The highest BCUT2D eigenvalue weighted by Gasteiger charge is 2.27. The summed E-state index contributed by atoms with van der Waals surface area (Å²) in [4.78, 5) is 2.51. The third-order valence-corrected chi connectivity index (χ3v) is 4.82. The second kappa shape index (κ2) is 6.33. The summed E-state index contributed by atoms with van der Waals surface area (Å²) in [5, 5.41) is 3.36. The fraction of sp³-hybridized carbons (Fsp3) is 0.733. The van der Waals surface area contributed by atoms with Crippen LogP contribution in [-0.4, -0.2) is 35.0 Å². The molecule has 0 radical (unpaired) electrons. The maximum absolute atomic E-state index is 5.89. The van der Waals surface area contributed by atoms with Crippen LogP contribution in [0.1, 0.15) is 37.9 Å². The Kier molecular flexibility index (Phi) is 4.98. The molecular formula is C15H26N2OS. The molecule has 1 aliphatic rings. The molecule has 2 rings (SSSR count). The number of aryl methyl sites for hydroxylation is 1. The number of thioether (sulfide) groups is 1. The van der Waals surface area contributed by atoms with Crippen LogP contribution in [0.4, 0.5) is 0 Å². The highest BCUT2D eigenvalue weighted by Crippen LogP contribution is 2.30. The fourth-order valence-electron chi connectivity index (χ4n) is 2.57. The van der Waals surface area contributed by atoms with Gasteiger partial charge in [0.1, 0.15) is 11.5 Å². The van der Waals surface area contributed by atoms with Gasteiger partial charge in [-0.25, -0.2) is 0 Å². The van der Waals surface area contributed by atoms with Gasteiger partial charge in [-0.15, -0.1) is 0 Å². The van der Waals surface area contributed by atoms with Crippen molar-refractivity contribution in [2.75, 3.05) is 25.4 Å². The molecule has 1 aliphatic heterocycles. The van der Waals surface area contributed by atoms with E-state index in [4.69, 9.17) is 4.42 Å². The third-order valence-electron chi connectivity index (χ3n) is 3.52. The second-order valence-electron chi connectivity index (χ2n) is 5.89. The van der Waals surface area contributed by atoms with E-state index in [1.807, 2.05) is 0 Å². The molecule has 0 spiro atoms. The van der Waals surface area contributed by atoms with Crippen molar-refractivity contribution in [3.8, 4) is 0 Å². The van der Waals surface area contributed by atoms with Gasteiger partial charge in [-0.1, -0.05) is 6.92 Å². The molecule has 0 bridgehead atoms. The van der Waals surface area contributed by atoms with Crippen molar-refractivity contribution in [1.29, 1.82) is 0 Å². The summed E-state index contributed by atoms with van der Waals surface area (Å²) in [5.41, 5.74) is 1.29. The Morgan fingerprint density at radius 1 is 1.47 bits per heavy atom. The van der Waals surface area contributed by atoms with E-state index in [0.29, 0.717) is 4.75 Å². The largest absolute Gasteiger partial charge is 0.465 e. The quantitative estimate of drug-likeness (QED) is 0.898. The molecule has 0 aliphatic carbocycles. The van der Waals surface area contributed by atoms with E-state index in [-0.39, 0.29) is 0 Å². The van der Waals surface area contributed by atoms with Crippen molar-refractivity contribution in [2.45, 2.75) is 45.5 Å². The lowest BCUT2D eigenvalue weighted by atomic mass is 10.2. The molecule has 0 unspecified atom stereocenters. The van der Waals surface area contributed by atoms with Gasteiger partial charge in [0.2, 0.25) is 0 Å². The summed E-state index contributed by atoms with van der Waals surface area (Å²) in [7, 11) is 0. The van der Waals surface area contributed by atoms with Crippen LogP contribution in [0.3, 0.4) is 0 Å². The number of hydrogen-bond acceptors (Lipinski definition) is 4. The lowest BCUT2D eigenvalue weighted by molar-refractivity contribution is 0.231. The lowest BCUT2D eigenvalue weighted by Gasteiger charge is -2.37. The molecule has 2 heterocycles. The molecule has 1 aromatic heterocycles. The zero-order valence-electron chi connectivity index (χ0n) is 12.6. The summed E-state index contributed by atoms with van der Waals surface area (Å²) >= 11 is 2.07. The van der Waals surface area contributed by atoms with Crippen LogP contribution in [-0.2, 0) is 13.1 Å². The van der Waals surface area contributed by atoms with Crippen molar-refractivity contribution >= 4 is 11.8 Å². The maximum atomic E-state index is 5.89. The van der Waals surface area contributed by atoms with Crippen LogP contribution < -0.4 is 5.32 Å². The summed E-state index contributed by atoms with van der Waals surface area (Å²) in [6.45, 7) is 14.0. The first-order chi connectivity index (χ1) is 9.00. The average Bonchev–Trinajstić information content (AvgIpc) is 2.65. The predicted octanol–water partition coefficient (Wildman–Crippen LogP) is 3.02. The lowest BCUT2D eigenvalue weighted by Crippen LogP contribution is -2.42. The second-order valence-corrected chi connectivity index (χ2v) is 7.70. The van der Waals surface area contributed by atoms with E-state index in [2.05, 4.69) is 55.7 Å². The Morgan fingerprint density at radius 2 is 2.26 bits per heavy atom. The minimum Gasteiger partial charge on any atom is -0.465 e. The van der Waals surface area contributed by atoms with Crippen molar-refractivity contribution in [1.82, 2.24) is 10.2 Å². The number of nitrogens with zero attached hydrogens (tertiary/aromatic N) is 1. The normalized spacial score (nSPS) is 19.8. The van der Waals surface area contributed by atoms with Gasteiger partial charge in [0.25, 0.3) is 0 Å². The Labute approximate surface area is 121 Å². The van der Waals surface area contributed by atoms with Crippen molar-refractivity contribution in [2.24, 2.45) is 0 Å². The van der Waals surface area contributed by atoms with Gasteiger partial charge in [-0.05, 0) is 33.4 Å². The summed E-state index contributed by atoms with van der Waals surface area (Å²) in [6.07, 6.45) is 0. The first kappa shape index (κ1) is 14.9. The first-order valence-corrected chi connectivity index (χ1v) is 8.14. The molecule has 1 fully saturated rings. The zero-order chi connectivity index (χ0) is 13.9. The molecule has 1 N–H and O–H groups in total. The molecule has 0 atom stereocenters. The van der Waals surface area contributed by atoms with Crippen molar-refractivity contribution in [3.63, 3.8) is 0 Å². The number of rotatable bonds is 5. The Bertz CT molecular complexity index is 414. The first-order valence-electron chi connectivity index (χ1n) is 7.15. The van der Waals surface area contributed by atoms with Crippen LogP contribution in [0.5, 0.6) is 0 Å². The highest BCUT2D eigenvalue weighted by molar-refractivity contribution is 8.00. The molecule has 1 aromatic rings. The Hall–Kier alpha value is -0.450. The highest BCUT2D eigenvalue weighted by atomic mass is 32.2. The Balaban J connectivity index is 1.95. The van der Waals surface area contributed by atoms with Gasteiger partial charge in [0, 0.05) is 35.7 Å². The summed E-state index contributed by atoms with van der Waals surface area (Å²) in [5.74, 6) is 3.38. The van der Waals surface area contributed by atoms with Crippen LogP contribution in [0.25, 0.3) is 0 Å². The van der Waals surface area contributed by atoms with E-state index < -0.39 is 0 Å². The maximum Gasteiger partial charge on any atom is 0.118 e. The zero-order valence-corrected chi connectivity index (χ0v) is 13.4. The average molecular weight is 282 g/mol. The van der Waals surface area contributed by atoms with Gasteiger partial charge in [0.15, 0.2) is 0 Å². The molecule has 0 amide bonds. The van der Waals surface area contributed by atoms with E-state index in [1.54, 1.807) is 0 Å². The summed E-state index contributed by atoms with van der Waals surface area (Å²) < 4.78 is 6.26. The fourth-order valence-corrected chi connectivity index (χ4v) is 3.75. The number of hydrogen-bond donors (Lipinski definition) is 1. The van der Waals surface area contributed by atoms with Crippen molar-refractivity contribution in [3.05, 3.63) is 23.2 Å². The Morgan fingerprint density at radius 3 is 2.95 bits per heavy atom. The predicted molar refractivity (Wildman–Crippen MR) is 82.6 cm³/mol. The van der Waals surface area contributed by atoms with E-state index in [9.17, 15) is 0 Å². The minimum atomic E-state index is 0.368. The smallest absolute Gasteiger partial charge is 0.118 e. The molecule has 108 valence electrons. The van der Waals surface area contributed by atoms with Gasteiger partial charge in [-0.3, -0.25) is 4.90 Å². The molecule has 3 nitrogen and oxygen atoms in total. The van der Waals surface area contributed by atoms with Gasteiger partial charge in [0.05, 0.1) is 6.54 Å². The van der Waals surface area contributed by atoms with Crippen LogP contribution in [0.2, 0.25) is 0 Å². The minimum absolute atomic E-state index is 0.368. The molecule has 4 heteroatoms. The topological polar surface area (TPSA) is 28.4 Å². The molecular weight excluding hydrogens is 256 g/mol. The van der Waals surface area contributed by atoms with Gasteiger partial charge < -0.3 is 9.73 Å².